The normalized spacial score (nSPS) is 14.7. The van der Waals surface area contributed by atoms with Crippen LogP contribution in [0.1, 0.15) is 6.42 Å². The summed E-state index contributed by atoms with van der Waals surface area (Å²) in [5.41, 5.74) is 7.88. The zero-order chi connectivity index (χ0) is 19.8. The van der Waals surface area contributed by atoms with Crippen LogP contribution in [0.15, 0.2) is 59.6 Å². The molecule has 7 nitrogen and oxygen atoms in total. The molecule has 1 aliphatic rings. The van der Waals surface area contributed by atoms with Gasteiger partial charge >= 0.3 is 0 Å². The molecule has 1 saturated heterocycles. The van der Waals surface area contributed by atoms with Gasteiger partial charge in [-0.1, -0.05) is 30.3 Å². The first-order chi connectivity index (χ1) is 13.7. The number of piperazine rings is 1. The number of aliphatic imine (C=N–C) groups is 1. The minimum atomic E-state index is 0.113. The number of nitrogens with zero attached hydrogens (tertiary/aromatic N) is 3. The number of benzene rings is 2. The molecule has 7 heteroatoms. The van der Waals surface area contributed by atoms with Gasteiger partial charge in [0.05, 0.1) is 19.3 Å². The molecular weight excluding hydrogens is 354 g/mol. The summed E-state index contributed by atoms with van der Waals surface area (Å²) in [5.74, 6) is 1.07. The molecule has 0 unspecified atom stereocenters. The Morgan fingerprint density at radius 2 is 1.75 bits per heavy atom. The van der Waals surface area contributed by atoms with E-state index in [4.69, 9.17) is 10.5 Å². The second kappa shape index (κ2) is 9.64. The number of para-hydroxylation sites is 3. The Kier molecular flexibility index (Phi) is 6.73. The van der Waals surface area contributed by atoms with Gasteiger partial charge in [-0.25, -0.2) is 0 Å². The highest BCUT2D eigenvalue weighted by Gasteiger charge is 2.20. The lowest BCUT2D eigenvalue weighted by Crippen LogP contribution is -2.48. The molecule has 1 fully saturated rings. The Labute approximate surface area is 165 Å². The van der Waals surface area contributed by atoms with Crippen LogP contribution >= 0.6 is 0 Å². The number of guanidine groups is 1. The van der Waals surface area contributed by atoms with Crippen molar-refractivity contribution in [2.24, 2.45) is 10.7 Å². The van der Waals surface area contributed by atoms with Crippen molar-refractivity contribution in [2.75, 3.05) is 50.1 Å². The van der Waals surface area contributed by atoms with Crippen molar-refractivity contribution in [3.8, 4) is 5.75 Å². The van der Waals surface area contributed by atoms with E-state index in [-0.39, 0.29) is 11.9 Å². The monoisotopic (exact) mass is 381 g/mol. The number of carbonyl (C=O) groups is 1. The van der Waals surface area contributed by atoms with E-state index >= 15 is 0 Å². The maximum atomic E-state index is 12.4. The molecule has 3 N–H and O–H groups in total. The van der Waals surface area contributed by atoms with E-state index < -0.39 is 0 Å². The molecule has 0 saturated carbocycles. The summed E-state index contributed by atoms with van der Waals surface area (Å²) in [4.78, 5) is 20.9. The van der Waals surface area contributed by atoms with Crippen molar-refractivity contribution in [3.05, 3.63) is 54.6 Å². The van der Waals surface area contributed by atoms with Gasteiger partial charge in [-0.05, 0) is 24.3 Å². The van der Waals surface area contributed by atoms with E-state index in [0.29, 0.717) is 18.7 Å². The highest BCUT2D eigenvalue weighted by atomic mass is 16.5. The highest BCUT2D eigenvalue weighted by molar-refractivity contribution is 5.93. The molecule has 0 aromatic heterocycles. The van der Waals surface area contributed by atoms with Crippen molar-refractivity contribution < 1.29 is 9.53 Å². The molecule has 2 aromatic carbocycles. The summed E-state index contributed by atoms with van der Waals surface area (Å²) in [6.07, 6.45) is 0.347. The molecule has 1 heterocycles. The third-order valence-electron chi connectivity index (χ3n) is 4.73. The fraction of sp³-hybridized carbons (Fsp3) is 0.333. The zero-order valence-corrected chi connectivity index (χ0v) is 16.2. The topological polar surface area (TPSA) is 83.2 Å². The predicted octanol–water partition coefficient (Wildman–Crippen LogP) is 2.16. The molecule has 1 amide bonds. The van der Waals surface area contributed by atoms with Crippen molar-refractivity contribution in [3.63, 3.8) is 0 Å². The van der Waals surface area contributed by atoms with Gasteiger partial charge in [0.25, 0.3) is 0 Å². The average Bonchev–Trinajstić information content (AvgIpc) is 2.75. The molecule has 148 valence electrons. The van der Waals surface area contributed by atoms with E-state index in [1.165, 1.54) is 5.69 Å². The quantitative estimate of drug-likeness (QED) is 0.592. The summed E-state index contributed by atoms with van der Waals surface area (Å²) < 4.78 is 5.27. The Balaban J connectivity index is 1.43. The first-order valence-corrected chi connectivity index (χ1v) is 9.45. The van der Waals surface area contributed by atoms with Gasteiger partial charge in [-0.15, -0.1) is 0 Å². The SMILES string of the molecule is COc1ccccc1NC(N)=NCCC(=O)N1CCN(c2ccccc2)CC1. The average molecular weight is 381 g/mol. The van der Waals surface area contributed by atoms with Crippen LogP contribution in [0.25, 0.3) is 0 Å². The van der Waals surface area contributed by atoms with Crippen molar-refractivity contribution in [1.29, 1.82) is 0 Å². The van der Waals surface area contributed by atoms with Gasteiger partial charge < -0.3 is 25.6 Å². The van der Waals surface area contributed by atoms with Gasteiger partial charge in [0.1, 0.15) is 5.75 Å². The van der Waals surface area contributed by atoms with E-state index in [2.05, 4.69) is 27.3 Å². The van der Waals surface area contributed by atoms with E-state index in [1.54, 1.807) is 7.11 Å². The van der Waals surface area contributed by atoms with Gasteiger partial charge in [0.2, 0.25) is 5.91 Å². The van der Waals surface area contributed by atoms with Crippen LogP contribution in [0.4, 0.5) is 11.4 Å². The number of hydrogen-bond acceptors (Lipinski definition) is 4. The van der Waals surface area contributed by atoms with Gasteiger partial charge in [0.15, 0.2) is 5.96 Å². The first kappa shape index (κ1) is 19.5. The van der Waals surface area contributed by atoms with Crippen LogP contribution in [0.3, 0.4) is 0 Å². The first-order valence-electron chi connectivity index (χ1n) is 9.45. The number of amides is 1. The molecule has 3 rings (SSSR count). The molecule has 0 atom stereocenters. The molecule has 28 heavy (non-hydrogen) atoms. The molecule has 0 spiro atoms. The van der Waals surface area contributed by atoms with E-state index in [0.717, 1.165) is 31.9 Å². The third kappa shape index (κ3) is 5.16. The van der Waals surface area contributed by atoms with Crippen molar-refractivity contribution >= 4 is 23.2 Å². The van der Waals surface area contributed by atoms with Crippen molar-refractivity contribution in [2.45, 2.75) is 6.42 Å². The lowest BCUT2D eigenvalue weighted by molar-refractivity contribution is -0.131. The minimum absolute atomic E-state index is 0.113. The fourth-order valence-corrected chi connectivity index (χ4v) is 3.21. The zero-order valence-electron chi connectivity index (χ0n) is 16.2. The molecule has 1 aliphatic heterocycles. The molecule has 2 aromatic rings. The van der Waals surface area contributed by atoms with E-state index in [1.807, 2.05) is 47.4 Å². The Morgan fingerprint density at radius 1 is 1.07 bits per heavy atom. The number of hydrogen-bond donors (Lipinski definition) is 2. The largest absolute Gasteiger partial charge is 0.495 e. The standard InChI is InChI=1S/C21H27N5O2/c1-28-19-10-6-5-9-18(19)24-21(22)23-12-11-20(27)26-15-13-25(14-16-26)17-7-3-2-4-8-17/h2-10H,11-16H2,1H3,(H3,22,23,24). The van der Waals surface area contributed by atoms with E-state index in [9.17, 15) is 4.79 Å². The van der Waals surface area contributed by atoms with Crippen LogP contribution in [0.2, 0.25) is 0 Å². The Hall–Kier alpha value is -3.22. The molecular formula is C21H27N5O2. The van der Waals surface area contributed by atoms with Gasteiger partial charge in [-0.2, -0.15) is 0 Å². The number of nitrogens with one attached hydrogen (secondary N) is 1. The summed E-state index contributed by atoms with van der Waals surface area (Å²) in [6.45, 7) is 3.50. The maximum absolute atomic E-state index is 12.4. The Morgan fingerprint density at radius 3 is 2.46 bits per heavy atom. The third-order valence-corrected chi connectivity index (χ3v) is 4.73. The van der Waals surface area contributed by atoms with Gasteiger partial charge in [0, 0.05) is 38.3 Å². The van der Waals surface area contributed by atoms with Crippen LogP contribution in [0.5, 0.6) is 5.75 Å². The number of rotatable bonds is 6. The molecule has 0 bridgehead atoms. The number of anilines is 2. The second-order valence-electron chi connectivity index (χ2n) is 6.55. The highest BCUT2D eigenvalue weighted by Crippen LogP contribution is 2.22. The summed E-state index contributed by atoms with van der Waals surface area (Å²) >= 11 is 0. The van der Waals surface area contributed by atoms with Gasteiger partial charge in [-0.3, -0.25) is 9.79 Å². The number of nitrogens with two attached hydrogens (primary N) is 1. The fourth-order valence-electron chi connectivity index (χ4n) is 3.21. The summed E-state index contributed by atoms with van der Waals surface area (Å²) in [6, 6.07) is 17.8. The predicted molar refractivity (Wildman–Crippen MR) is 113 cm³/mol. The summed E-state index contributed by atoms with van der Waals surface area (Å²) in [7, 11) is 1.60. The maximum Gasteiger partial charge on any atom is 0.224 e. The molecule has 0 aliphatic carbocycles. The minimum Gasteiger partial charge on any atom is -0.495 e. The number of ether oxygens (including phenoxy) is 1. The lowest BCUT2D eigenvalue weighted by atomic mass is 10.2. The van der Waals surface area contributed by atoms with Crippen LogP contribution in [0, 0.1) is 0 Å². The number of methoxy groups -OCH3 is 1. The lowest BCUT2D eigenvalue weighted by Gasteiger charge is -2.36. The second-order valence-corrected chi connectivity index (χ2v) is 6.55. The van der Waals surface area contributed by atoms with Crippen LogP contribution in [-0.2, 0) is 4.79 Å². The smallest absolute Gasteiger partial charge is 0.224 e. The van der Waals surface area contributed by atoms with Crippen LogP contribution < -0.4 is 20.7 Å². The number of carbonyl (C=O) groups excluding carboxylic acids is 1. The Bertz CT molecular complexity index is 801. The van der Waals surface area contributed by atoms with Crippen LogP contribution in [-0.4, -0.2) is 56.6 Å². The van der Waals surface area contributed by atoms with Crippen molar-refractivity contribution in [1.82, 2.24) is 4.90 Å². The molecule has 0 radical (unpaired) electrons. The summed E-state index contributed by atoms with van der Waals surface area (Å²) in [5, 5.41) is 3.01.